The normalized spacial score (nSPS) is 16.8. The van der Waals surface area contributed by atoms with Crippen LogP contribution < -0.4 is 5.43 Å². The molecule has 1 heterocycles. The number of aromatic hydroxyl groups is 1. The first kappa shape index (κ1) is 12.3. The summed E-state index contributed by atoms with van der Waals surface area (Å²) in [4.78, 5) is 11.9. The van der Waals surface area contributed by atoms with Gasteiger partial charge in [0.05, 0.1) is 5.39 Å². The third-order valence-electron chi connectivity index (χ3n) is 4.07. The van der Waals surface area contributed by atoms with Crippen molar-refractivity contribution in [2.24, 2.45) is 5.92 Å². The summed E-state index contributed by atoms with van der Waals surface area (Å²) < 4.78 is 5.22. The zero-order valence-electron chi connectivity index (χ0n) is 10.9. The number of hydrogen-bond acceptors (Lipinski definition) is 3. The Bertz CT molecular complexity index is 636. The van der Waals surface area contributed by atoms with Crippen molar-refractivity contribution in [2.45, 2.75) is 38.5 Å². The van der Waals surface area contributed by atoms with Gasteiger partial charge in [0.2, 0.25) is 5.43 Å². The Kier molecular flexibility index (Phi) is 3.28. The topological polar surface area (TPSA) is 50.4 Å². The molecule has 0 amide bonds. The van der Waals surface area contributed by atoms with Gasteiger partial charge >= 0.3 is 0 Å². The molecule has 100 valence electrons. The summed E-state index contributed by atoms with van der Waals surface area (Å²) in [6.45, 7) is 0. The molecule has 1 aromatic carbocycles. The highest BCUT2D eigenvalue weighted by molar-refractivity contribution is 5.78. The molecule has 0 spiro atoms. The smallest absolute Gasteiger partial charge is 0.234 e. The summed E-state index contributed by atoms with van der Waals surface area (Å²) >= 11 is 0. The maximum Gasteiger partial charge on any atom is 0.234 e. The lowest BCUT2D eigenvalue weighted by molar-refractivity contribution is 0.357. The fraction of sp³-hybridized carbons (Fsp3) is 0.438. The number of hydrogen-bond donors (Lipinski definition) is 1. The van der Waals surface area contributed by atoms with Gasteiger partial charge in [-0.2, -0.15) is 0 Å². The van der Waals surface area contributed by atoms with Gasteiger partial charge in [-0.15, -0.1) is 0 Å². The zero-order valence-corrected chi connectivity index (χ0v) is 10.9. The fourth-order valence-corrected chi connectivity index (χ4v) is 3.02. The van der Waals surface area contributed by atoms with Crippen molar-refractivity contribution < 1.29 is 9.52 Å². The molecule has 0 radical (unpaired) electrons. The quantitative estimate of drug-likeness (QED) is 0.895. The summed E-state index contributed by atoms with van der Waals surface area (Å²) in [6, 6.07) is 5.72. The molecular weight excluding hydrogens is 240 g/mol. The first-order valence-electron chi connectivity index (χ1n) is 6.97. The van der Waals surface area contributed by atoms with Gasteiger partial charge in [-0.3, -0.25) is 4.79 Å². The van der Waals surface area contributed by atoms with E-state index < -0.39 is 0 Å². The van der Waals surface area contributed by atoms with Crippen LogP contribution in [0.2, 0.25) is 0 Å². The molecule has 0 bridgehead atoms. The van der Waals surface area contributed by atoms with E-state index in [9.17, 15) is 9.90 Å². The van der Waals surface area contributed by atoms with Crippen LogP contribution in [0.3, 0.4) is 0 Å². The van der Waals surface area contributed by atoms with Crippen LogP contribution in [-0.4, -0.2) is 5.11 Å². The van der Waals surface area contributed by atoms with E-state index >= 15 is 0 Å². The van der Waals surface area contributed by atoms with Crippen LogP contribution in [0.25, 0.3) is 11.0 Å². The van der Waals surface area contributed by atoms with Gasteiger partial charge in [0.15, 0.2) is 5.75 Å². The predicted octanol–water partition coefficient (Wildman–Crippen LogP) is 3.62. The van der Waals surface area contributed by atoms with Gasteiger partial charge in [-0.25, -0.2) is 0 Å². The summed E-state index contributed by atoms with van der Waals surface area (Å²) in [7, 11) is 0. The van der Waals surface area contributed by atoms with Crippen LogP contribution >= 0.6 is 0 Å². The maximum absolute atomic E-state index is 11.9. The van der Waals surface area contributed by atoms with Crippen molar-refractivity contribution >= 4 is 11.0 Å². The average molecular weight is 258 g/mol. The van der Waals surface area contributed by atoms with Gasteiger partial charge in [-0.1, -0.05) is 38.2 Å². The highest BCUT2D eigenvalue weighted by Crippen LogP contribution is 2.27. The van der Waals surface area contributed by atoms with Gasteiger partial charge in [0.25, 0.3) is 0 Å². The van der Waals surface area contributed by atoms with Gasteiger partial charge in [0.1, 0.15) is 11.8 Å². The average Bonchev–Trinajstić information content (AvgIpc) is 2.45. The molecule has 2 aromatic rings. The van der Waals surface area contributed by atoms with E-state index in [1.807, 2.05) is 18.2 Å². The molecule has 0 unspecified atom stereocenters. The maximum atomic E-state index is 11.9. The number of fused-ring (bicyclic) bond motifs is 1. The lowest BCUT2D eigenvalue weighted by Gasteiger charge is -2.21. The minimum absolute atomic E-state index is 0.317. The van der Waals surface area contributed by atoms with Crippen molar-refractivity contribution in [3.05, 3.63) is 40.2 Å². The number of rotatable bonds is 2. The van der Waals surface area contributed by atoms with Crippen LogP contribution in [0.15, 0.2) is 33.7 Å². The van der Waals surface area contributed by atoms with Crippen LogP contribution in [0.4, 0.5) is 0 Å². The Balaban J connectivity index is 1.92. The molecule has 3 rings (SSSR count). The van der Waals surface area contributed by atoms with Gasteiger partial charge < -0.3 is 9.52 Å². The van der Waals surface area contributed by atoms with E-state index in [0.29, 0.717) is 11.0 Å². The van der Waals surface area contributed by atoms with Crippen molar-refractivity contribution in [2.75, 3.05) is 0 Å². The summed E-state index contributed by atoms with van der Waals surface area (Å²) in [5.74, 6) is 0.415. The molecule has 1 aromatic heterocycles. The monoisotopic (exact) mass is 258 g/mol. The molecular formula is C16H18O3. The zero-order chi connectivity index (χ0) is 13.2. The second-order valence-corrected chi connectivity index (χ2v) is 5.49. The lowest BCUT2D eigenvalue weighted by atomic mass is 9.85. The first-order chi connectivity index (χ1) is 9.24. The highest BCUT2D eigenvalue weighted by Gasteiger charge is 2.15. The standard InChI is InChI=1S/C16H18O3/c17-14-10-19-15-7-6-12(9-13(15)16(14)18)8-11-4-2-1-3-5-11/h6-7,9-11,17H,1-5,8H2. The molecule has 1 aliphatic carbocycles. The fourth-order valence-electron chi connectivity index (χ4n) is 3.02. The first-order valence-corrected chi connectivity index (χ1v) is 6.97. The Labute approximate surface area is 111 Å². The van der Waals surface area contributed by atoms with E-state index in [-0.39, 0.29) is 11.2 Å². The summed E-state index contributed by atoms with van der Waals surface area (Å²) in [5, 5.41) is 9.90. The van der Waals surface area contributed by atoms with Crippen molar-refractivity contribution in [1.29, 1.82) is 0 Å². The van der Waals surface area contributed by atoms with Crippen molar-refractivity contribution in [3.8, 4) is 5.75 Å². The molecule has 0 saturated heterocycles. The Morgan fingerprint density at radius 1 is 1.21 bits per heavy atom. The van der Waals surface area contributed by atoms with E-state index in [1.54, 1.807) is 0 Å². The van der Waals surface area contributed by atoms with E-state index in [4.69, 9.17) is 4.42 Å². The minimum atomic E-state index is -0.341. The molecule has 1 N–H and O–H groups in total. The molecule has 0 aliphatic heterocycles. The molecule has 3 heteroatoms. The molecule has 1 saturated carbocycles. The molecule has 3 nitrogen and oxygen atoms in total. The summed E-state index contributed by atoms with van der Waals surface area (Å²) in [6.07, 6.45) is 8.68. The number of benzene rings is 1. The second-order valence-electron chi connectivity index (χ2n) is 5.49. The van der Waals surface area contributed by atoms with E-state index in [2.05, 4.69) is 0 Å². The molecule has 1 aliphatic rings. The lowest BCUT2D eigenvalue weighted by Crippen LogP contribution is -2.09. The van der Waals surface area contributed by atoms with Crippen LogP contribution in [0, 0.1) is 5.92 Å². The second kappa shape index (κ2) is 5.08. The minimum Gasteiger partial charge on any atom is -0.502 e. The predicted molar refractivity (Wildman–Crippen MR) is 74.4 cm³/mol. The SMILES string of the molecule is O=c1c(O)coc2ccc(CC3CCCCC3)cc12. The highest BCUT2D eigenvalue weighted by atomic mass is 16.3. The Morgan fingerprint density at radius 2 is 2.00 bits per heavy atom. The van der Waals surface area contributed by atoms with Gasteiger partial charge in [0, 0.05) is 0 Å². The van der Waals surface area contributed by atoms with Crippen molar-refractivity contribution in [3.63, 3.8) is 0 Å². The molecule has 19 heavy (non-hydrogen) atoms. The Morgan fingerprint density at radius 3 is 2.79 bits per heavy atom. The molecule has 1 fully saturated rings. The van der Waals surface area contributed by atoms with Crippen LogP contribution in [0.1, 0.15) is 37.7 Å². The molecule has 0 atom stereocenters. The van der Waals surface area contributed by atoms with E-state index in [1.165, 1.54) is 32.1 Å². The summed E-state index contributed by atoms with van der Waals surface area (Å²) in [5.41, 5.74) is 1.36. The Hall–Kier alpha value is -1.77. The third kappa shape index (κ3) is 2.50. The van der Waals surface area contributed by atoms with Crippen molar-refractivity contribution in [1.82, 2.24) is 0 Å². The van der Waals surface area contributed by atoms with E-state index in [0.717, 1.165) is 24.2 Å². The van der Waals surface area contributed by atoms with Crippen LogP contribution in [-0.2, 0) is 6.42 Å². The van der Waals surface area contributed by atoms with Crippen LogP contribution in [0.5, 0.6) is 5.75 Å². The van der Waals surface area contributed by atoms with Gasteiger partial charge in [-0.05, 0) is 30.0 Å². The largest absolute Gasteiger partial charge is 0.502 e. The third-order valence-corrected chi connectivity index (χ3v) is 4.07.